The number of hydrogen-bond acceptors (Lipinski definition) is 3. The molecule has 0 radical (unpaired) electrons. The summed E-state index contributed by atoms with van der Waals surface area (Å²) < 4.78 is 26.8. The third-order valence-corrected chi connectivity index (χ3v) is 4.36. The molecule has 0 aliphatic rings. The minimum Gasteiger partial charge on any atom is -0.368 e. The highest BCUT2D eigenvalue weighted by Crippen LogP contribution is 2.31. The summed E-state index contributed by atoms with van der Waals surface area (Å²) in [4.78, 5) is 11.9. The van der Waals surface area contributed by atoms with Crippen LogP contribution in [-0.4, -0.2) is 23.2 Å². The fourth-order valence-electron chi connectivity index (χ4n) is 2.06. The van der Waals surface area contributed by atoms with Crippen LogP contribution in [-0.2, 0) is 4.79 Å². The lowest BCUT2D eigenvalue weighted by Crippen LogP contribution is -2.54. The number of carbonyl (C=O) groups excluding carboxylic acids is 1. The van der Waals surface area contributed by atoms with Crippen LogP contribution in [0.3, 0.4) is 0 Å². The van der Waals surface area contributed by atoms with Crippen molar-refractivity contribution in [2.45, 2.75) is 49.3 Å². The summed E-state index contributed by atoms with van der Waals surface area (Å²) in [6.07, 6.45) is 1.31. The monoisotopic (exact) mass is 316 g/mol. The second-order valence-electron chi connectivity index (χ2n) is 5.33. The zero-order valence-corrected chi connectivity index (χ0v) is 13.4. The number of nitrogens with two attached hydrogens (primary N) is 1. The van der Waals surface area contributed by atoms with E-state index in [0.717, 1.165) is 24.6 Å². The molecule has 2 unspecified atom stereocenters. The predicted molar refractivity (Wildman–Crippen MR) is 82.2 cm³/mol. The summed E-state index contributed by atoms with van der Waals surface area (Å²) in [5.41, 5.74) is 4.61. The summed E-state index contributed by atoms with van der Waals surface area (Å²) in [6, 6.07) is 3.35. The van der Waals surface area contributed by atoms with Crippen molar-refractivity contribution >= 4 is 17.7 Å². The molecule has 3 N–H and O–H groups in total. The van der Waals surface area contributed by atoms with Gasteiger partial charge in [0.1, 0.15) is 11.6 Å². The average molecular weight is 316 g/mol. The van der Waals surface area contributed by atoms with Gasteiger partial charge >= 0.3 is 0 Å². The molecule has 1 aromatic rings. The maximum absolute atomic E-state index is 13.6. The van der Waals surface area contributed by atoms with Crippen LogP contribution in [0.4, 0.5) is 8.78 Å². The van der Waals surface area contributed by atoms with Crippen LogP contribution in [0.2, 0.25) is 0 Å². The van der Waals surface area contributed by atoms with E-state index in [1.165, 1.54) is 11.8 Å². The summed E-state index contributed by atoms with van der Waals surface area (Å²) in [7, 11) is 0. The topological polar surface area (TPSA) is 55.1 Å². The largest absolute Gasteiger partial charge is 0.368 e. The van der Waals surface area contributed by atoms with E-state index in [2.05, 4.69) is 5.32 Å². The SMILES string of the molecule is CCCNC(C)(CC(C)Sc1cc(F)ccc1F)C(N)=O. The minimum absolute atomic E-state index is 0.0943. The molecule has 0 bridgehead atoms. The molecule has 118 valence electrons. The van der Waals surface area contributed by atoms with E-state index >= 15 is 0 Å². The molecule has 6 heteroatoms. The molecule has 1 rings (SSSR count). The van der Waals surface area contributed by atoms with Crippen LogP contribution in [0.5, 0.6) is 0 Å². The first kappa shape index (κ1) is 17.9. The first-order valence-corrected chi connectivity index (χ1v) is 7.83. The fourth-order valence-corrected chi connectivity index (χ4v) is 3.27. The Labute approximate surface area is 128 Å². The van der Waals surface area contributed by atoms with Gasteiger partial charge in [-0.1, -0.05) is 13.8 Å². The molecule has 0 aliphatic heterocycles. The molecule has 0 spiro atoms. The van der Waals surface area contributed by atoms with E-state index in [4.69, 9.17) is 5.73 Å². The molecule has 0 saturated heterocycles. The summed E-state index contributed by atoms with van der Waals surface area (Å²) in [5, 5.41) is 3.04. The van der Waals surface area contributed by atoms with Crippen LogP contribution in [0.25, 0.3) is 0 Å². The normalized spacial score (nSPS) is 15.5. The lowest BCUT2D eigenvalue weighted by Gasteiger charge is -2.30. The van der Waals surface area contributed by atoms with Crippen LogP contribution >= 0.6 is 11.8 Å². The van der Waals surface area contributed by atoms with E-state index in [1.807, 2.05) is 13.8 Å². The Kier molecular flexibility index (Phi) is 6.61. The van der Waals surface area contributed by atoms with Gasteiger partial charge in [-0.25, -0.2) is 8.78 Å². The standard InChI is InChI=1S/C15H22F2N2OS/c1-4-7-19-15(3,14(18)20)9-10(2)21-13-8-11(16)5-6-12(13)17/h5-6,8,10,19H,4,7,9H2,1-3H3,(H2,18,20). The van der Waals surface area contributed by atoms with Crippen molar-refractivity contribution in [2.24, 2.45) is 5.73 Å². The average Bonchev–Trinajstić information content (AvgIpc) is 2.40. The van der Waals surface area contributed by atoms with Gasteiger partial charge in [-0.3, -0.25) is 4.79 Å². The number of nitrogens with one attached hydrogen (secondary N) is 1. The maximum Gasteiger partial charge on any atom is 0.237 e. The van der Waals surface area contributed by atoms with Gasteiger partial charge in [-0.15, -0.1) is 11.8 Å². The van der Waals surface area contributed by atoms with Gasteiger partial charge in [0.05, 0.1) is 5.54 Å². The zero-order chi connectivity index (χ0) is 16.0. The Bertz CT molecular complexity index is 499. The quantitative estimate of drug-likeness (QED) is 0.725. The van der Waals surface area contributed by atoms with Crippen molar-refractivity contribution in [3.8, 4) is 0 Å². The first-order chi connectivity index (χ1) is 9.78. The molecule has 1 aromatic carbocycles. The molecular weight excluding hydrogens is 294 g/mol. The number of thioether (sulfide) groups is 1. The van der Waals surface area contributed by atoms with Gasteiger partial charge in [-0.05, 0) is 44.5 Å². The molecule has 0 aromatic heterocycles. The van der Waals surface area contributed by atoms with Gasteiger partial charge in [0, 0.05) is 10.1 Å². The van der Waals surface area contributed by atoms with Gasteiger partial charge in [0.15, 0.2) is 0 Å². The van der Waals surface area contributed by atoms with Gasteiger partial charge in [-0.2, -0.15) is 0 Å². The van der Waals surface area contributed by atoms with Gasteiger partial charge in [0.2, 0.25) is 5.91 Å². The first-order valence-electron chi connectivity index (χ1n) is 6.95. The van der Waals surface area contributed by atoms with Crippen molar-refractivity contribution in [3.63, 3.8) is 0 Å². The van der Waals surface area contributed by atoms with Crippen molar-refractivity contribution in [1.82, 2.24) is 5.32 Å². The molecule has 0 aliphatic carbocycles. The lowest BCUT2D eigenvalue weighted by atomic mass is 9.95. The number of amides is 1. The smallest absolute Gasteiger partial charge is 0.237 e. The van der Waals surface area contributed by atoms with Gasteiger partial charge < -0.3 is 11.1 Å². The number of carbonyl (C=O) groups is 1. The van der Waals surface area contributed by atoms with Crippen molar-refractivity contribution in [2.75, 3.05) is 6.54 Å². The Balaban J connectivity index is 2.76. The highest BCUT2D eigenvalue weighted by atomic mass is 32.2. The zero-order valence-electron chi connectivity index (χ0n) is 12.6. The van der Waals surface area contributed by atoms with E-state index in [1.54, 1.807) is 6.92 Å². The number of rotatable bonds is 8. The minimum atomic E-state index is -0.855. The molecule has 0 saturated carbocycles. The fraction of sp³-hybridized carbons (Fsp3) is 0.533. The highest BCUT2D eigenvalue weighted by Gasteiger charge is 2.32. The van der Waals surface area contributed by atoms with Crippen molar-refractivity contribution in [1.29, 1.82) is 0 Å². The Hall–Kier alpha value is -1.14. The van der Waals surface area contributed by atoms with Crippen LogP contribution in [0, 0.1) is 11.6 Å². The second-order valence-corrected chi connectivity index (χ2v) is 6.81. The summed E-state index contributed by atoms with van der Waals surface area (Å²) in [6.45, 7) is 6.27. The number of primary amides is 1. The number of benzene rings is 1. The Morgan fingerprint density at radius 1 is 1.48 bits per heavy atom. The van der Waals surface area contributed by atoms with E-state index in [-0.39, 0.29) is 10.1 Å². The number of halogens is 2. The van der Waals surface area contributed by atoms with Crippen molar-refractivity contribution in [3.05, 3.63) is 29.8 Å². The van der Waals surface area contributed by atoms with E-state index in [9.17, 15) is 13.6 Å². The van der Waals surface area contributed by atoms with E-state index in [0.29, 0.717) is 13.0 Å². The third kappa shape index (κ3) is 5.28. The second kappa shape index (κ2) is 7.75. The lowest BCUT2D eigenvalue weighted by molar-refractivity contribution is -0.124. The van der Waals surface area contributed by atoms with Crippen LogP contribution in [0.15, 0.2) is 23.1 Å². The molecule has 1 amide bonds. The van der Waals surface area contributed by atoms with Crippen LogP contribution < -0.4 is 11.1 Å². The molecule has 0 fully saturated rings. The van der Waals surface area contributed by atoms with Crippen molar-refractivity contribution < 1.29 is 13.6 Å². The molecule has 3 nitrogen and oxygen atoms in total. The predicted octanol–water partition coefficient (Wildman–Crippen LogP) is 3.08. The highest BCUT2D eigenvalue weighted by molar-refractivity contribution is 8.00. The molecule has 2 atom stereocenters. The van der Waals surface area contributed by atoms with Gasteiger partial charge in [0.25, 0.3) is 0 Å². The Morgan fingerprint density at radius 3 is 2.71 bits per heavy atom. The summed E-state index contributed by atoms with van der Waals surface area (Å²) >= 11 is 1.20. The summed E-state index contributed by atoms with van der Waals surface area (Å²) in [5.74, 6) is -1.38. The van der Waals surface area contributed by atoms with E-state index < -0.39 is 23.1 Å². The molecule has 21 heavy (non-hydrogen) atoms. The molecular formula is C15H22F2N2OS. The number of hydrogen-bond donors (Lipinski definition) is 2. The van der Waals surface area contributed by atoms with Crippen LogP contribution in [0.1, 0.15) is 33.6 Å². The molecule has 0 heterocycles. The Morgan fingerprint density at radius 2 is 2.14 bits per heavy atom. The third-order valence-electron chi connectivity index (χ3n) is 3.23. The maximum atomic E-state index is 13.6.